The first-order valence-corrected chi connectivity index (χ1v) is 41.0. The minimum atomic E-state index is -4.95. The van der Waals surface area contributed by atoms with Gasteiger partial charge in [-0.1, -0.05) is 324 Å². The lowest BCUT2D eigenvalue weighted by Crippen LogP contribution is -2.30. The highest BCUT2D eigenvalue weighted by molar-refractivity contribution is 7.47. The Bertz CT molecular complexity index is 1790. The second-order valence-electron chi connectivity index (χ2n) is 27.1. The van der Waals surface area contributed by atoms with Gasteiger partial charge in [0.2, 0.25) is 0 Å². The summed E-state index contributed by atoms with van der Waals surface area (Å²) in [6.07, 6.45) is 51.2. The number of phosphoric acid groups is 2. The van der Waals surface area contributed by atoms with Gasteiger partial charge in [-0.15, -0.1) is 0 Å². The highest BCUT2D eigenvalue weighted by atomic mass is 31.2. The number of ether oxygens (including phenoxy) is 4. The molecule has 0 bridgehead atoms. The van der Waals surface area contributed by atoms with Crippen molar-refractivity contribution in [3.05, 3.63) is 0 Å². The maximum absolute atomic E-state index is 13.1. The SMILES string of the molecule is CCCCCCCCCCCCCCCCCC(=O)OC[C@H](COP(=O)(O)OC[C@@H](O)COP(=O)(O)OC[C@@H](COC(=O)CCCCCCCCC(C)CC)OC(=O)CCCCCCCCCCCCCC)OC(=O)CCCCCCCCCCCCCCC(C)C. The summed E-state index contributed by atoms with van der Waals surface area (Å²) in [5, 5.41) is 10.6. The van der Waals surface area contributed by atoms with E-state index in [1.807, 2.05) is 0 Å². The summed E-state index contributed by atoms with van der Waals surface area (Å²) in [7, 11) is -9.91. The molecule has 0 aromatic heterocycles. The van der Waals surface area contributed by atoms with Crippen molar-refractivity contribution in [3.63, 3.8) is 0 Å². The average Bonchev–Trinajstić information content (AvgIpc) is 1.73. The van der Waals surface area contributed by atoms with Crippen LogP contribution in [0.1, 0.15) is 375 Å². The first-order valence-electron chi connectivity index (χ1n) is 38.0. The molecule has 0 aliphatic heterocycles. The van der Waals surface area contributed by atoms with Gasteiger partial charge in [0, 0.05) is 25.7 Å². The Morgan fingerprint density at radius 1 is 0.315 bits per heavy atom. The lowest BCUT2D eigenvalue weighted by Gasteiger charge is -2.21. The average molecular weight is 1350 g/mol. The number of aliphatic hydroxyl groups is 1. The lowest BCUT2D eigenvalue weighted by molar-refractivity contribution is -0.161. The summed E-state index contributed by atoms with van der Waals surface area (Å²) in [4.78, 5) is 72.7. The van der Waals surface area contributed by atoms with Crippen molar-refractivity contribution in [2.24, 2.45) is 11.8 Å². The van der Waals surface area contributed by atoms with Crippen molar-refractivity contribution in [2.75, 3.05) is 39.6 Å². The van der Waals surface area contributed by atoms with Gasteiger partial charge in [-0.2, -0.15) is 0 Å². The van der Waals surface area contributed by atoms with Gasteiger partial charge in [0.25, 0.3) is 0 Å². The first kappa shape index (κ1) is 90.1. The first-order chi connectivity index (χ1) is 44.4. The standard InChI is InChI=1S/C73H142O17P2/c1-7-10-12-14-16-18-20-22-23-24-29-32-36-43-49-55-70(75)83-61-68(89-73(78)58-52-46-38-34-30-26-25-27-31-35-41-47-53-65(4)5)63-87-91(79,80)85-59-67(74)60-86-92(81,82)88-64-69(62-84-71(76)56-50-44-40-39-42-48-54-66(6)9-3)90-72(77)57-51-45-37-33-28-21-19-17-15-13-11-8-2/h65-69,74H,7-64H2,1-6H3,(H,79,80)(H,81,82)/t66?,67-,68-,69-/m1/s1. The number of rotatable bonds is 72. The maximum Gasteiger partial charge on any atom is 0.472 e. The molecule has 3 unspecified atom stereocenters. The third-order valence-electron chi connectivity index (χ3n) is 17.3. The number of hydrogen-bond acceptors (Lipinski definition) is 15. The van der Waals surface area contributed by atoms with E-state index in [0.717, 1.165) is 108 Å². The molecule has 0 aromatic rings. The molecule has 0 saturated carbocycles. The Hall–Kier alpha value is -1.94. The minimum Gasteiger partial charge on any atom is -0.462 e. The van der Waals surface area contributed by atoms with Crippen molar-refractivity contribution in [1.29, 1.82) is 0 Å². The van der Waals surface area contributed by atoms with E-state index in [9.17, 15) is 43.2 Å². The molecule has 3 N–H and O–H groups in total. The summed E-state index contributed by atoms with van der Waals surface area (Å²) < 4.78 is 68.4. The Kier molecular flexibility index (Phi) is 63.7. The third-order valence-corrected chi connectivity index (χ3v) is 19.2. The van der Waals surface area contributed by atoms with Gasteiger partial charge in [-0.25, -0.2) is 9.13 Å². The molecular weight excluding hydrogens is 1210 g/mol. The molecule has 6 atom stereocenters. The van der Waals surface area contributed by atoms with E-state index in [4.69, 9.17) is 37.0 Å². The Labute approximate surface area is 562 Å². The quantitative estimate of drug-likeness (QED) is 0.0222. The highest BCUT2D eigenvalue weighted by Crippen LogP contribution is 2.45. The van der Waals surface area contributed by atoms with Crippen molar-refractivity contribution in [1.82, 2.24) is 0 Å². The van der Waals surface area contributed by atoms with E-state index in [2.05, 4.69) is 41.5 Å². The van der Waals surface area contributed by atoms with Gasteiger partial charge < -0.3 is 33.8 Å². The molecule has 0 heterocycles. The number of aliphatic hydroxyl groups excluding tert-OH is 1. The molecule has 0 radical (unpaired) electrons. The molecule has 0 rings (SSSR count). The van der Waals surface area contributed by atoms with E-state index in [1.165, 1.54) is 186 Å². The van der Waals surface area contributed by atoms with Crippen LogP contribution < -0.4 is 0 Å². The molecule has 17 nitrogen and oxygen atoms in total. The van der Waals surface area contributed by atoms with Gasteiger partial charge in [0.15, 0.2) is 12.2 Å². The fourth-order valence-corrected chi connectivity index (χ4v) is 12.7. The zero-order valence-corrected chi connectivity index (χ0v) is 61.6. The smallest absolute Gasteiger partial charge is 0.462 e. The van der Waals surface area contributed by atoms with Crippen LogP contribution in [-0.4, -0.2) is 96.7 Å². The Morgan fingerprint density at radius 2 is 0.554 bits per heavy atom. The molecule has 546 valence electrons. The van der Waals surface area contributed by atoms with Crippen LogP contribution in [0.2, 0.25) is 0 Å². The van der Waals surface area contributed by atoms with Crippen LogP contribution in [0.3, 0.4) is 0 Å². The summed E-state index contributed by atoms with van der Waals surface area (Å²) in [5.41, 5.74) is 0. The van der Waals surface area contributed by atoms with Crippen LogP contribution in [0.15, 0.2) is 0 Å². The van der Waals surface area contributed by atoms with Crippen molar-refractivity contribution < 1.29 is 80.2 Å². The van der Waals surface area contributed by atoms with E-state index in [-0.39, 0.29) is 25.7 Å². The number of hydrogen-bond donors (Lipinski definition) is 3. The van der Waals surface area contributed by atoms with Crippen LogP contribution >= 0.6 is 15.6 Å². The van der Waals surface area contributed by atoms with Crippen LogP contribution in [-0.2, 0) is 65.4 Å². The maximum atomic E-state index is 13.1. The molecule has 0 spiro atoms. The molecular formula is C73H142O17P2. The Balaban J connectivity index is 5.25. The summed E-state index contributed by atoms with van der Waals surface area (Å²) >= 11 is 0. The van der Waals surface area contributed by atoms with Crippen LogP contribution in [0.5, 0.6) is 0 Å². The van der Waals surface area contributed by atoms with Crippen molar-refractivity contribution >= 4 is 39.5 Å². The van der Waals surface area contributed by atoms with E-state index in [0.29, 0.717) is 25.7 Å². The van der Waals surface area contributed by atoms with Crippen LogP contribution in [0.4, 0.5) is 0 Å². The normalized spacial score (nSPS) is 14.4. The number of esters is 4. The molecule has 0 saturated heterocycles. The molecule has 92 heavy (non-hydrogen) atoms. The molecule has 0 fully saturated rings. The monoisotopic (exact) mass is 1350 g/mol. The zero-order valence-electron chi connectivity index (χ0n) is 59.9. The minimum absolute atomic E-state index is 0.106. The molecule has 0 amide bonds. The summed E-state index contributed by atoms with van der Waals surface area (Å²) in [5.74, 6) is -0.611. The number of phosphoric ester groups is 2. The number of carbonyl (C=O) groups excluding carboxylic acids is 4. The van der Waals surface area contributed by atoms with Gasteiger partial charge >= 0.3 is 39.5 Å². The number of unbranched alkanes of at least 4 members (excludes halogenated alkanes) is 41. The number of carbonyl (C=O) groups is 4. The molecule has 19 heteroatoms. The zero-order chi connectivity index (χ0) is 67.9. The Morgan fingerprint density at radius 3 is 0.826 bits per heavy atom. The summed E-state index contributed by atoms with van der Waals surface area (Å²) in [6, 6.07) is 0. The highest BCUT2D eigenvalue weighted by Gasteiger charge is 2.30. The fourth-order valence-electron chi connectivity index (χ4n) is 11.1. The topological polar surface area (TPSA) is 237 Å². The van der Waals surface area contributed by atoms with Crippen molar-refractivity contribution in [2.45, 2.75) is 394 Å². The summed E-state index contributed by atoms with van der Waals surface area (Å²) in [6.45, 7) is 9.55. The van der Waals surface area contributed by atoms with Gasteiger partial charge in [-0.05, 0) is 37.5 Å². The molecule has 0 aliphatic rings. The van der Waals surface area contributed by atoms with Gasteiger partial charge in [-0.3, -0.25) is 37.3 Å². The van der Waals surface area contributed by atoms with Crippen LogP contribution in [0, 0.1) is 11.8 Å². The molecule has 0 aliphatic carbocycles. The van der Waals surface area contributed by atoms with Crippen molar-refractivity contribution in [3.8, 4) is 0 Å². The third kappa shape index (κ3) is 65.4. The van der Waals surface area contributed by atoms with Gasteiger partial charge in [0.05, 0.1) is 26.4 Å². The second-order valence-corrected chi connectivity index (χ2v) is 30.0. The largest absolute Gasteiger partial charge is 0.472 e. The second kappa shape index (κ2) is 65.0. The van der Waals surface area contributed by atoms with Gasteiger partial charge in [0.1, 0.15) is 19.3 Å². The van der Waals surface area contributed by atoms with Crippen LogP contribution in [0.25, 0.3) is 0 Å². The predicted molar refractivity (Wildman–Crippen MR) is 372 cm³/mol. The lowest BCUT2D eigenvalue weighted by atomic mass is 10.00. The fraction of sp³-hybridized carbons (Fsp3) is 0.945. The van der Waals surface area contributed by atoms with E-state index < -0.39 is 97.5 Å². The van der Waals surface area contributed by atoms with E-state index >= 15 is 0 Å². The molecule has 0 aromatic carbocycles. The van der Waals surface area contributed by atoms with E-state index in [1.54, 1.807) is 0 Å². The predicted octanol–water partition coefficient (Wildman–Crippen LogP) is 21.2.